The van der Waals surface area contributed by atoms with Gasteiger partial charge in [0.25, 0.3) is 0 Å². The van der Waals surface area contributed by atoms with Crippen molar-refractivity contribution in [2.45, 2.75) is 19.1 Å². The summed E-state index contributed by atoms with van der Waals surface area (Å²) in [6, 6.07) is 6.85. The highest BCUT2D eigenvalue weighted by Crippen LogP contribution is 2.33. The fourth-order valence-corrected chi connectivity index (χ4v) is 4.28. The topological polar surface area (TPSA) is 70.1 Å². The second kappa shape index (κ2) is 9.30. The molecular weight excluding hydrogens is 408 g/mol. The fraction of sp³-hybridized carbons (Fsp3) is 0.600. The van der Waals surface area contributed by atoms with E-state index in [0.717, 1.165) is 51.3 Å². The molecule has 30 heavy (non-hydrogen) atoms. The number of carbonyl (C=O) groups excluding carboxylic acids is 1. The molecule has 1 aromatic rings. The highest BCUT2D eigenvalue weighted by Gasteiger charge is 2.43. The number of carbonyl (C=O) groups is 2. The summed E-state index contributed by atoms with van der Waals surface area (Å²) in [4.78, 5) is 25.8. The van der Waals surface area contributed by atoms with Crippen LogP contribution < -0.4 is 0 Å². The van der Waals surface area contributed by atoms with E-state index in [4.69, 9.17) is 14.6 Å². The highest BCUT2D eigenvalue weighted by molar-refractivity contribution is 5.79. The van der Waals surface area contributed by atoms with Crippen LogP contribution in [0.2, 0.25) is 0 Å². The zero-order valence-electron chi connectivity index (χ0n) is 16.3. The minimum atomic E-state index is -5.08. The minimum Gasteiger partial charge on any atom is -0.475 e. The number of alkyl halides is 3. The number of rotatable bonds is 3. The predicted octanol–water partition coefficient (Wildman–Crippen LogP) is 2.39. The van der Waals surface area contributed by atoms with Crippen LogP contribution >= 0.6 is 0 Å². The highest BCUT2D eigenvalue weighted by atomic mass is 19.4. The van der Waals surface area contributed by atoms with Crippen molar-refractivity contribution in [1.82, 2.24) is 9.80 Å². The normalized spacial score (nSPS) is 26.3. The number of carboxylic acid groups (broad SMARTS) is 1. The van der Waals surface area contributed by atoms with E-state index in [-0.39, 0.29) is 17.6 Å². The average molecular weight is 432 g/mol. The van der Waals surface area contributed by atoms with Gasteiger partial charge < -0.3 is 14.7 Å². The Labute approximate surface area is 171 Å². The van der Waals surface area contributed by atoms with Gasteiger partial charge in [0.1, 0.15) is 5.82 Å². The molecule has 166 valence electrons. The maximum absolute atomic E-state index is 13.3. The standard InChI is InChI=1S/C18H23FN2O2.C2HF3O2/c19-17-3-1-2-13(6-17)7-20-8-15-10-21(11-16(15)9-20)18(22)14-4-5-23-12-14;3-2(4,5)1(6)7/h1-3,6,14-16H,4-5,7-12H2;(H,6,7)/t14?,15-,16+;. The molecule has 0 bridgehead atoms. The molecular formula is C20H24F4N2O4. The molecule has 1 unspecified atom stereocenters. The van der Waals surface area contributed by atoms with Gasteiger partial charge in [-0.3, -0.25) is 9.69 Å². The number of hydrogen-bond donors (Lipinski definition) is 1. The molecule has 0 aromatic heterocycles. The Kier molecular flexibility index (Phi) is 6.97. The number of aliphatic carboxylic acids is 1. The summed E-state index contributed by atoms with van der Waals surface area (Å²) in [7, 11) is 0. The van der Waals surface area contributed by atoms with E-state index in [2.05, 4.69) is 4.90 Å². The third-order valence-corrected chi connectivity index (χ3v) is 5.69. The summed E-state index contributed by atoms with van der Waals surface area (Å²) in [6.07, 6.45) is -4.21. The Morgan fingerprint density at radius 1 is 1.13 bits per heavy atom. The molecule has 6 nitrogen and oxygen atoms in total. The molecule has 0 spiro atoms. The van der Waals surface area contributed by atoms with E-state index in [1.165, 1.54) is 6.07 Å². The van der Waals surface area contributed by atoms with Crippen LogP contribution in [-0.4, -0.2) is 72.4 Å². The first-order valence-corrected chi connectivity index (χ1v) is 9.77. The molecule has 0 radical (unpaired) electrons. The molecule has 3 atom stereocenters. The smallest absolute Gasteiger partial charge is 0.475 e. The summed E-state index contributed by atoms with van der Waals surface area (Å²) >= 11 is 0. The number of likely N-dealkylation sites (tertiary alicyclic amines) is 2. The number of nitrogens with zero attached hydrogens (tertiary/aromatic N) is 2. The van der Waals surface area contributed by atoms with Crippen molar-refractivity contribution < 1.29 is 37.0 Å². The predicted molar refractivity (Wildman–Crippen MR) is 97.9 cm³/mol. The van der Waals surface area contributed by atoms with Gasteiger partial charge in [-0.2, -0.15) is 13.2 Å². The van der Waals surface area contributed by atoms with Gasteiger partial charge in [0.15, 0.2) is 0 Å². The molecule has 3 heterocycles. The number of benzene rings is 1. The van der Waals surface area contributed by atoms with Crippen LogP contribution in [0.5, 0.6) is 0 Å². The molecule has 1 aromatic carbocycles. The summed E-state index contributed by atoms with van der Waals surface area (Å²) in [6.45, 7) is 5.88. The summed E-state index contributed by atoms with van der Waals surface area (Å²) in [5.74, 6) is -1.43. The summed E-state index contributed by atoms with van der Waals surface area (Å²) in [5, 5.41) is 7.12. The van der Waals surface area contributed by atoms with Crippen LogP contribution in [0, 0.1) is 23.6 Å². The van der Waals surface area contributed by atoms with Crippen molar-refractivity contribution in [1.29, 1.82) is 0 Å². The number of halogens is 4. The van der Waals surface area contributed by atoms with Gasteiger partial charge in [-0.25, -0.2) is 9.18 Å². The third-order valence-electron chi connectivity index (χ3n) is 5.69. The second-order valence-corrected chi connectivity index (χ2v) is 7.95. The van der Waals surface area contributed by atoms with Crippen LogP contribution in [0.25, 0.3) is 0 Å². The fourth-order valence-electron chi connectivity index (χ4n) is 4.28. The lowest BCUT2D eigenvalue weighted by atomic mass is 10.0. The van der Waals surface area contributed by atoms with Crippen molar-refractivity contribution >= 4 is 11.9 Å². The number of amides is 1. The van der Waals surface area contributed by atoms with E-state index in [0.29, 0.717) is 18.4 Å². The number of fused-ring (bicyclic) bond motifs is 1. The molecule has 3 aliphatic heterocycles. The Bertz CT molecular complexity index is 753. The zero-order valence-corrected chi connectivity index (χ0v) is 16.3. The quantitative estimate of drug-likeness (QED) is 0.743. The molecule has 3 saturated heterocycles. The van der Waals surface area contributed by atoms with Crippen LogP contribution in [0.3, 0.4) is 0 Å². The van der Waals surface area contributed by atoms with Crippen molar-refractivity contribution in [2.24, 2.45) is 17.8 Å². The number of ether oxygens (including phenoxy) is 1. The minimum absolute atomic E-state index is 0.0808. The van der Waals surface area contributed by atoms with Crippen LogP contribution in [0.1, 0.15) is 12.0 Å². The van der Waals surface area contributed by atoms with Crippen LogP contribution in [0.4, 0.5) is 17.6 Å². The van der Waals surface area contributed by atoms with Gasteiger partial charge in [0, 0.05) is 39.3 Å². The molecule has 1 N–H and O–H groups in total. The summed E-state index contributed by atoms with van der Waals surface area (Å²) < 4.78 is 50.4. The van der Waals surface area contributed by atoms with Gasteiger partial charge in [-0.1, -0.05) is 12.1 Å². The lowest BCUT2D eigenvalue weighted by molar-refractivity contribution is -0.192. The van der Waals surface area contributed by atoms with Gasteiger partial charge in [-0.05, 0) is 36.0 Å². The van der Waals surface area contributed by atoms with Gasteiger partial charge in [0.2, 0.25) is 5.91 Å². The molecule has 1 amide bonds. The number of hydrogen-bond acceptors (Lipinski definition) is 4. The van der Waals surface area contributed by atoms with E-state index in [1.807, 2.05) is 11.0 Å². The van der Waals surface area contributed by atoms with Gasteiger partial charge >= 0.3 is 12.1 Å². The SMILES string of the molecule is O=C(C1CCOC1)N1C[C@H]2CN(Cc3cccc(F)c3)C[C@H]2C1.O=C(O)C(F)(F)F. The molecule has 4 rings (SSSR count). The van der Waals surface area contributed by atoms with E-state index in [9.17, 15) is 22.4 Å². The van der Waals surface area contributed by atoms with Gasteiger partial charge in [0.05, 0.1) is 12.5 Å². The third kappa shape index (κ3) is 5.69. The molecule has 0 aliphatic carbocycles. The lowest BCUT2D eigenvalue weighted by Gasteiger charge is -2.23. The Morgan fingerprint density at radius 3 is 2.27 bits per heavy atom. The first-order valence-electron chi connectivity index (χ1n) is 9.77. The summed E-state index contributed by atoms with van der Waals surface area (Å²) in [5.41, 5.74) is 1.03. The molecule has 10 heteroatoms. The second-order valence-electron chi connectivity index (χ2n) is 7.95. The largest absolute Gasteiger partial charge is 0.490 e. The Morgan fingerprint density at radius 2 is 1.77 bits per heavy atom. The molecule has 3 aliphatic rings. The first-order chi connectivity index (χ1) is 14.1. The maximum Gasteiger partial charge on any atom is 0.490 e. The first kappa shape index (κ1) is 22.5. The maximum atomic E-state index is 13.3. The Hall–Kier alpha value is -2.20. The average Bonchev–Trinajstić information content (AvgIpc) is 3.37. The van der Waals surface area contributed by atoms with E-state index < -0.39 is 12.1 Å². The van der Waals surface area contributed by atoms with Gasteiger partial charge in [-0.15, -0.1) is 0 Å². The number of carboxylic acids is 1. The van der Waals surface area contributed by atoms with E-state index >= 15 is 0 Å². The van der Waals surface area contributed by atoms with Crippen molar-refractivity contribution in [3.05, 3.63) is 35.6 Å². The zero-order chi connectivity index (χ0) is 21.9. The van der Waals surface area contributed by atoms with E-state index in [1.54, 1.807) is 12.1 Å². The molecule has 3 fully saturated rings. The van der Waals surface area contributed by atoms with Crippen LogP contribution in [0.15, 0.2) is 24.3 Å². The van der Waals surface area contributed by atoms with Crippen molar-refractivity contribution in [2.75, 3.05) is 39.4 Å². The van der Waals surface area contributed by atoms with Crippen LogP contribution in [-0.2, 0) is 20.9 Å². The Balaban J connectivity index is 0.000000318. The lowest BCUT2D eigenvalue weighted by Crippen LogP contribution is -2.37. The molecule has 0 saturated carbocycles. The monoisotopic (exact) mass is 432 g/mol. The van der Waals surface area contributed by atoms with Crippen molar-refractivity contribution in [3.63, 3.8) is 0 Å². The van der Waals surface area contributed by atoms with Crippen molar-refractivity contribution in [3.8, 4) is 0 Å².